The summed E-state index contributed by atoms with van der Waals surface area (Å²) >= 11 is 3.43. The highest BCUT2D eigenvalue weighted by Gasteiger charge is 2.27. The first-order chi connectivity index (χ1) is 13.1. The second kappa shape index (κ2) is 9.01. The lowest BCUT2D eigenvalue weighted by molar-refractivity contribution is -0.111. The minimum atomic E-state index is -0.794. The number of nitrogens with zero attached hydrogens (tertiary/aromatic N) is 2. The van der Waals surface area contributed by atoms with Gasteiger partial charge in [0.05, 0.1) is 29.5 Å². The average Bonchev–Trinajstić information content (AvgIpc) is 2.60. The highest BCUT2D eigenvalue weighted by Crippen LogP contribution is 2.34. The molecule has 2 rings (SSSR count). The standard InChI is InChI=1S/C19H22BrFN4O3/c1-12(11-26)25(18(27)28-19(2,3)4)24-16-7-5-6-15(20)17(16)23-14-8-13(21)9-22-10-14/h5-12,23-24H,1-4H3. The number of nitrogens with one attached hydrogen (secondary N) is 2. The molecule has 0 saturated heterocycles. The second-order valence-corrected chi connectivity index (χ2v) is 7.87. The van der Waals surface area contributed by atoms with Crippen LogP contribution in [0.1, 0.15) is 27.7 Å². The molecular formula is C19H22BrFN4O3. The number of para-hydroxylation sites is 1. The van der Waals surface area contributed by atoms with E-state index in [-0.39, 0.29) is 0 Å². The van der Waals surface area contributed by atoms with E-state index >= 15 is 0 Å². The maximum absolute atomic E-state index is 13.5. The summed E-state index contributed by atoms with van der Waals surface area (Å²) in [6.45, 7) is 6.76. The summed E-state index contributed by atoms with van der Waals surface area (Å²) in [4.78, 5) is 27.7. The number of anilines is 3. The van der Waals surface area contributed by atoms with Crippen LogP contribution in [0.25, 0.3) is 0 Å². The quantitative estimate of drug-likeness (QED) is 0.479. The summed E-state index contributed by atoms with van der Waals surface area (Å²) in [6.07, 6.45) is 2.48. The molecule has 0 saturated carbocycles. The third-order valence-electron chi connectivity index (χ3n) is 3.42. The van der Waals surface area contributed by atoms with Crippen LogP contribution >= 0.6 is 15.9 Å². The Labute approximate surface area is 171 Å². The highest BCUT2D eigenvalue weighted by atomic mass is 79.9. The number of benzene rings is 1. The lowest BCUT2D eigenvalue weighted by atomic mass is 10.2. The van der Waals surface area contributed by atoms with Gasteiger partial charge in [-0.05, 0) is 55.8 Å². The van der Waals surface area contributed by atoms with Crippen molar-refractivity contribution in [2.24, 2.45) is 0 Å². The van der Waals surface area contributed by atoms with E-state index in [1.807, 2.05) is 0 Å². The van der Waals surface area contributed by atoms with Gasteiger partial charge in [0.2, 0.25) is 0 Å². The van der Waals surface area contributed by atoms with Gasteiger partial charge >= 0.3 is 6.09 Å². The monoisotopic (exact) mass is 452 g/mol. The van der Waals surface area contributed by atoms with Gasteiger partial charge in [0.25, 0.3) is 0 Å². The molecular weight excluding hydrogens is 431 g/mol. The maximum atomic E-state index is 13.5. The van der Waals surface area contributed by atoms with Crippen LogP contribution in [0.15, 0.2) is 41.1 Å². The van der Waals surface area contributed by atoms with Gasteiger partial charge in [-0.1, -0.05) is 6.07 Å². The smallest absolute Gasteiger partial charge is 0.429 e. The molecule has 1 heterocycles. The number of halogens is 2. The number of aldehydes is 1. The molecule has 0 radical (unpaired) electrons. The summed E-state index contributed by atoms with van der Waals surface area (Å²) < 4.78 is 19.5. The second-order valence-electron chi connectivity index (χ2n) is 7.02. The number of amides is 1. The number of carbonyl (C=O) groups excluding carboxylic acids is 2. The fraction of sp³-hybridized carbons (Fsp3) is 0.316. The molecule has 2 aromatic rings. The number of rotatable bonds is 6. The lowest BCUT2D eigenvalue weighted by Gasteiger charge is -2.31. The Morgan fingerprint density at radius 2 is 2.07 bits per heavy atom. The number of hydrazine groups is 1. The molecule has 0 aliphatic carbocycles. The van der Waals surface area contributed by atoms with E-state index in [0.717, 1.165) is 11.2 Å². The molecule has 0 bridgehead atoms. The summed E-state index contributed by atoms with van der Waals surface area (Å²) in [5, 5.41) is 4.14. The largest absolute Gasteiger partial charge is 0.442 e. The zero-order valence-corrected chi connectivity index (χ0v) is 17.6. The normalized spacial score (nSPS) is 12.1. The molecule has 0 fully saturated rings. The minimum Gasteiger partial charge on any atom is -0.442 e. The van der Waals surface area contributed by atoms with Crippen LogP contribution in [0.5, 0.6) is 0 Å². The summed E-state index contributed by atoms with van der Waals surface area (Å²) in [5.74, 6) is -0.489. The van der Waals surface area contributed by atoms with Crippen molar-refractivity contribution in [3.8, 4) is 0 Å². The summed E-state index contributed by atoms with van der Waals surface area (Å²) in [6, 6.07) is 5.73. The fourth-order valence-corrected chi connectivity index (χ4v) is 2.65. The lowest BCUT2D eigenvalue weighted by Crippen LogP contribution is -2.46. The molecule has 0 aliphatic rings. The van der Waals surface area contributed by atoms with Crippen LogP contribution in [0, 0.1) is 5.82 Å². The molecule has 2 N–H and O–H groups in total. The van der Waals surface area contributed by atoms with E-state index in [2.05, 4.69) is 31.7 Å². The van der Waals surface area contributed by atoms with E-state index in [0.29, 0.717) is 27.8 Å². The molecule has 150 valence electrons. The van der Waals surface area contributed by atoms with Gasteiger partial charge in [0, 0.05) is 10.5 Å². The molecule has 1 amide bonds. The van der Waals surface area contributed by atoms with Gasteiger partial charge in [0.1, 0.15) is 23.7 Å². The zero-order chi connectivity index (χ0) is 20.9. The van der Waals surface area contributed by atoms with Crippen molar-refractivity contribution in [3.63, 3.8) is 0 Å². The van der Waals surface area contributed by atoms with Gasteiger partial charge in [-0.2, -0.15) is 0 Å². The van der Waals surface area contributed by atoms with Crippen molar-refractivity contribution in [2.75, 3.05) is 10.7 Å². The first-order valence-electron chi connectivity index (χ1n) is 8.51. The maximum Gasteiger partial charge on any atom is 0.429 e. The van der Waals surface area contributed by atoms with Crippen molar-refractivity contribution >= 4 is 45.4 Å². The number of carbonyl (C=O) groups is 2. The van der Waals surface area contributed by atoms with Gasteiger partial charge < -0.3 is 14.8 Å². The number of aromatic nitrogens is 1. The summed E-state index contributed by atoms with van der Waals surface area (Å²) in [7, 11) is 0. The van der Waals surface area contributed by atoms with Gasteiger partial charge in [-0.15, -0.1) is 0 Å². The van der Waals surface area contributed by atoms with Crippen LogP contribution in [0.4, 0.5) is 26.2 Å². The third kappa shape index (κ3) is 5.91. The third-order valence-corrected chi connectivity index (χ3v) is 4.08. The average molecular weight is 453 g/mol. The van der Waals surface area contributed by atoms with Crippen LogP contribution in [-0.2, 0) is 9.53 Å². The Balaban J connectivity index is 2.35. The first-order valence-corrected chi connectivity index (χ1v) is 9.30. The highest BCUT2D eigenvalue weighted by molar-refractivity contribution is 9.10. The van der Waals surface area contributed by atoms with Crippen LogP contribution in [0.2, 0.25) is 0 Å². The molecule has 1 atom stereocenters. The molecule has 1 aromatic carbocycles. The molecule has 0 aliphatic heterocycles. The Bertz CT molecular complexity index is 857. The van der Waals surface area contributed by atoms with Gasteiger partial charge in [-0.3, -0.25) is 10.4 Å². The van der Waals surface area contributed by atoms with E-state index in [4.69, 9.17) is 4.74 Å². The molecule has 0 spiro atoms. The molecule has 9 heteroatoms. The Hall–Kier alpha value is -2.68. The van der Waals surface area contributed by atoms with Crippen LogP contribution < -0.4 is 10.7 Å². The summed E-state index contributed by atoms with van der Waals surface area (Å²) in [5.41, 5.74) is 3.60. The van der Waals surface area contributed by atoms with E-state index < -0.39 is 23.6 Å². The molecule has 1 unspecified atom stereocenters. The predicted octanol–water partition coefficient (Wildman–Crippen LogP) is 4.88. The molecule has 7 nitrogen and oxygen atoms in total. The molecule has 1 aromatic heterocycles. The van der Waals surface area contributed by atoms with Crippen molar-refractivity contribution < 1.29 is 18.7 Å². The first kappa shape index (κ1) is 21.6. The SMILES string of the molecule is CC(C=O)N(Nc1cccc(Br)c1Nc1cncc(F)c1)C(=O)OC(C)(C)C. The van der Waals surface area contributed by atoms with Crippen molar-refractivity contribution in [1.29, 1.82) is 0 Å². The van der Waals surface area contributed by atoms with Crippen molar-refractivity contribution in [2.45, 2.75) is 39.3 Å². The van der Waals surface area contributed by atoms with E-state index in [1.165, 1.54) is 12.3 Å². The van der Waals surface area contributed by atoms with Crippen molar-refractivity contribution in [1.82, 2.24) is 9.99 Å². The zero-order valence-electron chi connectivity index (χ0n) is 16.0. The fourth-order valence-electron chi connectivity index (χ4n) is 2.18. The Morgan fingerprint density at radius 1 is 1.36 bits per heavy atom. The number of ether oxygens (including phenoxy) is 1. The van der Waals surface area contributed by atoms with Crippen LogP contribution in [-0.4, -0.2) is 34.0 Å². The number of pyridine rings is 1. The van der Waals surface area contributed by atoms with E-state index in [9.17, 15) is 14.0 Å². The predicted molar refractivity (Wildman–Crippen MR) is 109 cm³/mol. The topological polar surface area (TPSA) is 83.6 Å². The van der Waals surface area contributed by atoms with Crippen molar-refractivity contribution in [3.05, 3.63) is 46.9 Å². The Kier molecular flexibility index (Phi) is 6.95. The van der Waals surface area contributed by atoms with Gasteiger partial charge in [-0.25, -0.2) is 14.2 Å². The van der Waals surface area contributed by atoms with E-state index in [1.54, 1.807) is 45.9 Å². The van der Waals surface area contributed by atoms with Crippen LogP contribution in [0.3, 0.4) is 0 Å². The van der Waals surface area contributed by atoms with Gasteiger partial charge in [0.15, 0.2) is 0 Å². The molecule has 28 heavy (non-hydrogen) atoms. The number of hydrogen-bond acceptors (Lipinski definition) is 6. The Morgan fingerprint density at radius 3 is 2.68 bits per heavy atom. The number of hydrogen-bond donors (Lipinski definition) is 2. The minimum absolute atomic E-state index is 0.419.